The largest absolute Gasteiger partial charge is 0.507 e. The average molecular weight is 258 g/mol. The molecule has 0 saturated heterocycles. The van der Waals surface area contributed by atoms with Gasteiger partial charge in [0.25, 0.3) is 0 Å². The topological polar surface area (TPSA) is 87.7 Å². The SMILES string of the molecule is C[C@@H](O)c1cc2c(o1)C(=O)c1c(O)cccc1C2=O. The number of hydrogen-bond donors (Lipinski definition) is 2. The second kappa shape index (κ2) is 3.80. The first-order valence-corrected chi connectivity index (χ1v) is 5.74. The van der Waals surface area contributed by atoms with Crippen LogP contribution in [0.1, 0.15) is 50.8 Å². The van der Waals surface area contributed by atoms with E-state index in [1.807, 2.05) is 0 Å². The lowest BCUT2D eigenvalue weighted by Crippen LogP contribution is -2.19. The van der Waals surface area contributed by atoms with E-state index < -0.39 is 17.7 Å². The first-order valence-electron chi connectivity index (χ1n) is 5.74. The molecule has 1 aromatic heterocycles. The van der Waals surface area contributed by atoms with Crippen LogP contribution in [0.25, 0.3) is 0 Å². The Labute approximate surface area is 108 Å². The first kappa shape index (κ1) is 11.7. The molecular formula is C14H10O5. The smallest absolute Gasteiger partial charge is 0.233 e. The maximum atomic E-state index is 12.2. The molecule has 96 valence electrons. The standard InChI is InChI=1S/C14H10O5/c1-6(15)10-5-8-12(17)7-3-2-4-9(16)11(7)13(18)14(8)19-10/h2-6,15-16H,1H3/t6-/m1/s1. The van der Waals surface area contributed by atoms with Crippen LogP contribution in [-0.4, -0.2) is 21.8 Å². The van der Waals surface area contributed by atoms with Crippen molar-refractivity contribution in [3.8, 4) is 5.75 Å². The van der Waals surface area contributed by atoms with E-state index in [4.69, 9.17) is 4.42 Å². The maximum Gasteiger partial charge on any atom is 0.233 e. The quantitative estimate of drug-likeness (QED) is 0.695. The number of carbonyl (C=O) groups is 2. The number of aliphatic hydroxyl groups excluding tert-OH is 1. The zero-order chi connectivity index (χ0) is 13.7. The van der Waals surface area contributed by atoms with Gasteiger partial charge in [0, 0.05) is 5.56 Å². The van der Waals surface area contributed by atoms with E-state index in [1.165, 1.54) is 31.2 Å². The van der Waals surface area contributed by atoms with Crippen LogP contribution < -0.4 is 0 Å². The molecule has 0 amide bonds. The monoisotopic (exact) mass is 258 g/mol. The van der Waals surface area contributed by atoms with E-state index in [0.29, 0.717) is 0 Å². The predicted molar refractivity (Wildman–Crippen MR) is 64.3 cm³/mol. The molecular weight excluding hydrogens is 248 g/mol. The Kier molecular flexibility index (Phi) is 2.33. The van der Waals surface area contributed by atoms with Gasteiger partial charge in [-0.2, -0.15) is 0 Å². The van der Waals surface area contributed by atoms with Gasteiger partial charge in [-0.25, -0.2) is 0 Å². The molecule has 0 spiro atoms. The van der Waals surface area contributed by atoms with Gasteiger partial charge in [0.15, 0.2) is 11.5 Å². The van der Waals surface area contributed by atoms with Crippen LogP contribution in [0.4, 0.5) is 0 Å². The molecule has 5 heteroatoms. The molecule has 2 aromatic rings. The molecule has 5 nitrogen and oxygen atoms in total. The van der Waals surface area contributed by atoms with Gasteiger partial charge in [0.2, 0.25) is 5.78 Å². The van der Waals surface area contributed by atoms with Crippen molar-refractivity contribution >= 4 is 11.6 Å². The van der Waals surface area contributed by atoms with Gasteiger partial charge in [-0.1, -0.05) is 12.1 Å². The second-order valence-corrected chi connectivity index (χ2v) is 4.43. The first-order chi connectivity index (χ1) is 9.00. The number of aromatic hydroxyl groups is 1. The van der Waals surface area contributed by atoms with Gasteiger partial charge in [-0.05, 0) is 19.1 Å². The zero-order valence-corrected chi connectivity index (χ0v) is 10.0. The highest BCUT2D eigenvalue weighted by Gasteiger charge is 2.35. The van der Waals surface area contributed by atoms with Crippen LogP contribution in [0, 0.1) is 0 Å². The van der Waals surface area contributed by atoms with Gasteiger partial charge in [0.05, 0.1) is 11.1 Å². The van der Waals surface area contributed by atoms with Gasteiger partial charge in [-0.3, -0.25) is 9.59 Å². The Morgan fingerprint density at radius 3 is 2.58 bits per heavy atom. The Bertz CT molecular complexity index is 709. The summed E-state index contributed by atoms with van der Waals surface area (Å²) in [5, 5.41) is 19.2. The van der Waals surface area contributed by atoms with E-state index in [-0.39, 0.29) is 34.0 Å². The average Bonchev–Trinajstić information content (AvgIpc) is 2.81. The lowest BCUT2D eigenvalue weighted by Gasteiger charge is -2.13. The van der Waals surface area contributed by atoms with Crippen molar-refractivity contribution in [1.29, 1.82) is 0 Å². The van der Waals surface area contributed by atoms with E-state index in [0.717, 1.165) is 0 Å². The van der Waals surface area contributed by atoms with Crippen molar-refractivity contribution in [2.75, 3.05) is 0 Å². The summed E-state index contributed by atoms with van der Waals surface area (Å²) in [6.07, 6.45) is -0.914. The van der Waals surface area contributed by atoms with E-state index in [9.17, 15) is 19.8 Å². The molecule has 19 heavy (non-hydrogen) atoms. The molecule has 0 radical (unpaired) electrons. The van der Waals surface area contributed by atoms with Crippen molar-refractivity contribution in [2.45, 2.75) is 13.0 Å². The third-order valence-corrected chi connectivity index (χ3v) is 3.13. The number of carbonyl (C=O) groups excluding carboxylic acids is 2. The minimum Gasteiger partial charge on any atom is -0.507 e. The molecule has 0 fully saturated rings. The molecule has 0 saturated carbocycles. The lowest BCUT2D eigenvalue weighted by molar-refractivity contribution is 0.0951. The van der Waals surface area contributed by atoms with E-state index >= 15 is 0 Å². The fraction of sp³-hybridized carbons (Fsp3) is 0.143. The highest BCUT2D eigenvalue weighted by atomic mass is 16.4. The van der Waals surface area contributed by atoms with Gasteiger partial charge in [-0.15, -0.1) is 0 Å². The van der Waals surface area contributed by atoms with Crippen molar-refractivity contribution in [3.05, 3.63) is 52.5 Å². The summed E-state index contributed by atoms with van der Waals surface area (Å²) >= 11 is 0. The van der Waals surface area contributed by atoms with Crippen LogP contribution in [0.2, 0.25) is 0 Å². The molecule has 1 aliphatic rings. The second-order valence-electron chi connectivity index (χ2n) is 4.43. The van der Waals surface area contributed by atoms with E-state index in [2.05, 4.69) is 0 Å². The fourth-order valence-electron chi connectivity index (χ4n) is 2.18. The van der Waals surface area contributed by atoms with Gasteiger partial charge >= 0.3 is 0 Å². The number of benzene rings is 1. The third-order valence-electron chi connectivity index (χ3n) is 3.13. The Balaban J connectivity index is 2.27. The van der Waals surface area contributed by atoms with Crippen LogP contribution in [0.5, 0.6) is 5.75 Å². The highest BCUT2D eigenvalue weighted by molar-refractivity contribution is 6.28. The summed E-state index contributed by atoms with van der Waals surface area (Å²) in [5.74, 6) is -1.17. The third kappa shape index (κ3) is 1.52. The number of phenolic OH excluding ortho intramolecular Hbond substituents is 1. The lowest BCUT2D eigenvalue weighted by atomic mass is 9.88. The fourth-order valence-corrected chi connectivity index (χ4v) is 2.18. The number of ketones is 2. The summed E-state index contributed by atoms with van der Waals surface area (Å²) < 4.78 is 5.23. The Hall–Kier alpha value is -2.40. The predicted octanol–water partition coefficient (Wildman–Crippen LogP) is 1.81. The maximum absolute atomic E-state index is 12.2. The number of fused-ring (bicyclic) bond motifs is 2. The Morgan fingerprint density at radius 1 is 1.16 bits per heavy atom. The number of furan rings is 1. The normalized spacial score (nSPS) is 15.1. The van der Waals surface area contributed by atoms with Crippen LogP contribution in [0.15, 0.2) is 28.7 Å². The summed E-state index contributed by atoms with van der Waals surface area (Å²) in [7, 11) is 0. The van der Waals surface area contributed by atoms with E-state index in [1.54, 1.807) is 0 Å². The highest BCUT2D eigenvalue weighted by Crippen LogP contribution is 2.35. The number of aliphatic hydroxyl groups is 1. The summed E-state index contributed by atoms with van der Waals surface area (Å²) in [5.41, 5.74) is 0.223. The van der Waals surface area contributed by atoms with Crippen LogP contribution in [-0.2, 0) is 0 Å². The molecule has 1 aromatic carbocycles. The van der Waals surface area contributed by atoms with Crippen molar-refractivity contribution < 1.29 is 24.2 Å². The minimum absolute atomic E-state index is 0.0495. The van der Waals surface area contributed by atoms with Gasteiger partial charge in [0.1, 0.15) is 17.6 Å². The number of rotatable bonds is 1. The molecule has 0 aliphatic heterocycles. The van der Waals surface area contributed by atoms with Crippen molar-refractivity contribution in [2.24, 2.45) is 0 Å². The van der Waals surface area contributed by atoms with Crippen molar-refractivity contribution in [1.82, 2.24) is 0 Å². The molecule has 1 atom stereocenters. The molecule has 2 N–H and O–H groups in total. The van der Waals surface area contributed by atoms with Gasteiger partial charge < -0.3 is 14.6 Å². The molecule has 1 heterocycles. The number of hydrogen-bond acceptors (Lipinski definition) is 5. The van der Waals surface area contributed by atoms with Crippen molar-refractivity contribution in [3.63, 3.8) is 0 Å². The summed E-state index contributed by atoms with van der Waals surface area (Å²) in [4.78, 5) is 24.5. The Morgan fingerprint density at radius 2 is 1.89 bits per heavy atom. The molecule has 0 unspecified atom stereocenters. The summed E-state index contributed by atoms with van der Waals surface area (Å²) in [6, 6.07) is 5.69. The zero-order valence-electron chi connectivity index (χ0n) is 10.0. The molecule has 1 aliphatic carbocycles. The molecule has 3 rings (SSSR count). The minimum atomic E-state index is -0.914. The molecule has 0 bridgehead atoms. The van der Waals surface area contributed by atoms with Crippen LogP contribution >= 0.6 is 0 Å². The van der Waals surface area contributed by atoms with Crippen LogP contribution in [0.3, 0.4) is 0 Å². The number of phenols is 1. The summed E-state index contributed by atoms with van der Waals surface area (Å²) in [6.45, 7) is 1.48.